The van der Waals surface area contributed by atoms with Crippen LogP contribution in [0.1, 0.15) is 41.6 Å². The molecule has 11 heteroatoms. The molecule has 1 amide bonds. The fourth-order valence-corrected chi connectivity index (χ4v) is 5.29. The maximum absolute atomic E-state index is 13.0. The molecule has 1 fully saturated rings. The second kappa shape index (κ2) is 9.75. The minimum Gasteiger partial charge on any atom is -0.435 e. The Kier molecular flexibility index (Phi) is 6.55. The molecule has 1 N–H and O–H groups in total. The van der Waals surface area contributed by atoms with Gasteiger partial charge in [-0.3, -0.25) is 9.48 Å². The standard InChI is InChI=1S/C23H25F2N5O3S/c1-13-27-28-23(34-13)26-21(31)15-5-6-18-19(12-15)30(16-7-9-32-10-8-16)29-20(18)14-3-2-4-17(11-14)33-22(24)25/h2-4,11,15-16,22H,5-10,12H2,1H3,(H,26,28,31). The smallest absolute Gasteiger partial charge is 0.387 e. The van der Waals surface area contributed by atoms with E-state index in [1.54, 1.807) is 12.1 Å². The first-order valence-corrected chi connectivity index (χ1v) is 12.1. The van der Waals surface area contributed by atoms with Crippen molar-refractivity contribution in [2.75, 3.05) is 18.5 Å². The van der Waals surface area contributed by atoms with Crippen molar-refractivity contribution in [1.29, 1.82) is 0 Å². The number of halogens is 2. The van der Waals surface area contributed by atoms with Crippen LogP contribution in [0.4, 0.5) is 13.9 Å². The second-order valence-electron chi connectivity index (χ2n) is 8.52. The highest BCUT2D eigenvalue weighted by atomic mass is 32.1. The van der Waals surface area contributed by atoms with Gasteiger partial charge >= 0.3 is 6.61 Å². The first-order chi connectivity index (χ1) is 16.5. The zero-order valence-electron chi connectivity index (χ0n) is 18.7. The molecule has 1 aliphatic heterocycles. The van der Waals surface area contributed by atoms with Crippen LogP contribution in [0.25, 0.3) is 11.3 Å². The summed E-state index contributed by atoms with van der Waals surface area (Å²) in [7, 11) is 0. The average molecular weight is 490 g/mol. The number of ether oxygens (including phenoxy) is 2. The number of carbonyl (C=O) groups is 1. The topological polar surface area (TPSA) is 91.2 Å². The van der Waals surface area contributed by atoms with Gasteiger partial charge in [-0.2, -0.15) is 13.9 Å². The highest BCUT2D eigenvalue weighted by molar-refractivity contribution is 7.15. The number of carbonyl (C=O) groups excluding carboxylic acids is 1. The fraction of sp³-hybridized carbons (Fsp3) is 0.478. The van der Waals surface area contributed by atoms with Crippen molar-refractivity contribution in [3.05, 3.63) is 40.5 Å². The highest BCUT2D eigenvalue weighted by Crippen LogP contribution is 2.38. The summed E-state index contributed by atoms with van der Waals surface area (Å²) < 4.78 is 37.7. The van der Waals surface area contributed by atoms with Crippen LogP contribution in [0.15, 0.2) is 24.3 Å². The van der Waals surface area contributed by atoms with Crippen LogP contribution in [0, 0.1) is 12.8 Å². The number of amides is 1. The molecule has 180 valence electrons. The zero-order chi connectivity index (χ0) is 23.7. The van der Waals surface area contributed by atoms with E-state index in [2.05, 4.69) is 20.3 Å². The van der Waals surface area contributed by atoms with E-state index in [9.17, 15) is 13.6 Å². The Morgan fingerprint density at radius 2 is 2.09 bits per heavy atom. The zero-order valence-corrected chi connectivity index (χ0v) is 19.5. The molecule has 5 rings (SSSR count). The molecule has 2 aliphatic rings. The summed E-state index contributed by atoms with van der Waals surface area (Å²) >= 11 is 1.35. The first-order valence-electron chi connectivity index (χ1n) is 11.3. The number of benzene rings is 1. The van der Waals surface area contributed by atoms with Gasteiger partial charge < -0.3 is 14.8 Å². The molecule has 3 aromatic rings. The molecule has 1 atom stereocenters. The van der Waals surface area contributed by atoms with Crippen LogP contribution in [0.2, 0.25) is 0 Å². The van der Waals surface area contributed by atoms with E-state index in [0.29, 0.717) is 37.6 Å². The van der Waals surface area contributed by atoms with Gasteiger partial charge in [0.2, 0.25) is 11.0 Å². The Balaban J connectivity index is 1.46. The van der Waals surface area contributed by atoms with Gasteiger partial charge in [-0.15, -0.1) is 10.2 Å². The molecule has 0 bridgehead atoms. The van der Waals surface area contributed by atoms with Gasteiger partial charge in [0, 0.05) is 42.4 Å². The molecule has 2 aromatic heterocycles. The van der Waals surface area contributed by atoms with E-state index in [0.717, 1.165) is 40.4 Å². The predicted molar refractivity (Wildman–Crippen MR) is 122 cm³/mol. The van der Waals surface area contributed by atoms with Crippen LogP contribution in [-0.4, -0.2) is 45.7 Å². The van der Waals surface area contributed by atoms with Crippen molar-refractivity contribution in [2.45, 2.75) is 51.7 Å². The normalized spacial score (nSPS) is 18.6. The number of nitrogens with one attached hydrogen (secondary N) is 1. The molecule has 1 saturated heterocycles. The monoisotopic (exact) mass is 489 g/mol. The molecule has 1 aliphatic carbocycles. The Labute approximate surface area is 199 Å². The first kappa shape index (κ1) is 22.9. The second-order valence-corrected chi connectivity index (χ2v) is 9.71. The molecule has 0 radical (unpaired) electrons. The Hall–Kier alpha value is -2.92. The average Bonchev–Trinajstić information content (AvgIpc) is 3.42. The lowest BCUT2D eigenvalue weighted by Crippen LogP contribution is -2.30. The van der Waals surface area contributed by atoms with Gasteiger partial charge in [0.25, 0.3) is 0 Å². The SMILES string of the molecule is Cc1nnc(NC(=O)C2CCc3c(-c4cccc(OC(F)F)c4)nn(C4CCOCC4)c3C2)s1. The molecule has 0 spiro atoms. The van der Waals surface area contributed by atoms with E-state index in [-0.39, 0.29) is 23.6 Å². The van der Waals surface area contributed by atoms with E-state index in [1.165, 1.54) is 17.4 Å². The number of fused-ring (bicyclic) bond motifs is 1. The molecule has 1 unspecified atom stereocenters. The molecule has 34 heavy (non-hydrogen) atoms. The molecule has 0 saturated carbocycles. The summed E-state index contributed by atoms with van der Waals surface area (Å²) in [5, 5.41) is 17.1. The maximum Gasteiger partial charge on any atom is 0.387 e. The Bertz CT molecular complexity index is 1180. The molecule has 3 heterocycles. The van der Waals surface area contributed by atoms with Gasteiger partial charge in [0.1, 0.15) is 10.8 Å². The summed E-state index contributed by atoms with van der Waals surface area (Å²) in [5.41, 5.74) is 3.59. The lowest BCUT2D eigenvalue weighted by Gasteiger charge is -2.27. The number of nitrogens with zero attached hydrogens (tertiary/aromatic N) is 4. The van der Waals surface area contributed by atoms with E-state index in [4.69, 9.17) is 9.84 Å². The highest BCUT2D eigenvalue weighted by Gasteiger charge is 2.33. The number of alkyl halides is 2. The Morgan fingerprint density at radius 1 is 1.26 bits per heavy atom. The molecular formula is C23H25F2N5O3S. The van der Waals surface area contributed by atoms with Crippen LogP contribution < -0.4 is 10.1 Å². The predicted octanol–water partition coefficient (Wildman–Crippen LogP) is 4.41. The minimum absolute atomic E-state index is 0.0737. The summed E-state index contributed by atoms with van der Waals surface area (Å²) in [4.78, 5) is 13.0. The van der Waals surface area contributed by atoms with E-state index in [1.807, 2.05) is 17.7 Å². The largest absolute Gasteiger partial charge is 0.435 e. The van der Waals surface area contributed by atoms with Gasteiger partial charge in [-0.1, -0.05) is 23.5 Å². The summed E-state index contributed by atoms with van der Waals surface area (Å²) in [6, 6.07) is 6.82. The lowest BCUT2D eigenvalue weighted by atomic mass is 9.85. The van der Waals surface area contributed by atoms with Gasteiger partial charge in [-0.05, 0) is 44.7 Å². The maximum atomic E-state index is 13.0. The van der Waals surface area contributed by atoms with Crippen molar-refractivity contribution in [3.8, 4) is 17.0 Å². The number of rotatable bonds is 6. The van der Waals surface area contributed by atoms with Crippen LogP contribution >= 0.6 is 11.3 Å². The van der Waals surface area contributed by atoms with Gasteiger partial charge in [-0.25, -0.2) is 0 Å². The van der Waals surface area contributed by atoms with Crippen LogP contribution in [0.3, 0.4) is 0 Å². The third-order valence-corrected chi connectivity index (χ3v) is 7.05. The molecule has 1 aromatic carbocycles. The van der Waals surface area contributed by atoms with Crippen molar-refractivity contribution in [3.63, 3.8) is 0 Å². The van der Waals surface area contributed by atoms with Crippen LogP contribution in [0.5, 0.6) is 5.75 Å². The summed E-state index contributed by atoms with van der Waals surface area (Å²) in [6.45, 7) is 0.273. The van der Waals surface area contributed by atoms with Crippen molar-refractivity contribution in [1.82, 2.24) is 20.0 Å². The van der Waals surface area contributed by atoms with Crippen molar-refractivity contribution >= 4 is 22.4 Å². The number of aryl methyl sites for hydroxylation is 1. The third kappa shape index (κ3) is 4.80. The molecular weight excluding hydrogens is 464 g/mol. The summed E-state index contributed by atoms with van der Waals surface area (Å²) in [5.74, 6) is -0.189. The number of hydrogen-bond donors (Lipinski definition) is 1. The quantitative estimate of drug-likeness (QED) is 0.552. The van der Waals surface area contributed by atoms with Gasteiger partial charge in [0.05, 0.1) is 11.7 Å². The van der Waals surface area contributed by atoms with Gasteiger partial charge in [0.15, 0.2) is 0 Å². The van der Waals surface area contributed by atoms with E-state index >= 15 is 0 Å². The van der Waals surface area contributed by atoms with Crippen LogP contribution in [-0.2, 0) is 22.4 Å². The summed E-state index contributed by atoms with van der Waals surface area (Å²) in [6.07, 6.45) is 3.56. The number of anilines is 1. The third-order valence-electron chi connectivity index (χ3n) is 6.30. The minimum atomic E-state index is -2.89. The lowest BCUT2D eigenvalue weighted by molar-refractivity contribution is -0.120. The Morgan fingerprint density at radius 3 is 2.82 bits per heavy atom. The van der Waals surface area contributed by atoms with Crippen molar-refractivity contribution < 1.29 is 23.0 Å². The number of hydrogen-bond acceptors (Lipinski definition) is 7. The molecule has 8 nitrogen and oxygen atoms in total. The van der Waals surface area contributed by atoms with Crippen molar-refractivity contribution in [2.24, 2.45) is 5.92 Å². The fourth-order valence-electron chi connectivity index (χ4n) is 4.70. The number of aromatic nitrogens is 4. The van der Waals surface area contributed by atoms with E-state index < -0.39 is 6.61 Å².